The number of likely N-dealkylation sites (tertiary alicyclic amines) is 1. The van der Waals surface area contributed by atoms with E-state index in [1.807, 2.05) is 24.7 Å². The summed E-state index contributed by atoms with van der Waals surface area (Å²) in [6.45, 7) is 13.2. The van der Waals surface area contributed by atoms with Gasteiger partial charge in [-0.05, 0) is 82.3 Å². The molecule has 3 heterocycles. The van der Waals surface area contributed by atoms with Gasteiger partial charge in [0.05, 0.1) is 23.9 Å². The number of aromatic nitrogens is 3. The molecule has 1 aromatic heterocycles. The van der Waals surface area contributed by atoms with Crippen LogP contribution in [0, 0.1) is 33.6 Å². The van der Waals surface area contributed by atoms with Crippen LogP contribution in [0.15, 0.2) is 41.0 Å². The van der Waals surface area contributed by atoms with Gasteiger partial charge in [-0.3, -0.25) is 14.5 Å². The molecule has 0 saturated carbocycles. The lowest BCUT2D eigenvalue weighted by atomic mass is 10.0. The molecule has 1 N–H and O–H groups in total. The summed E-state index contributed by atoms with van der Waals surface area (Å²) >= 11 is 3.57. The maximum atomic E-state index is 13.2. The smallest absolute Gasteiger partial charge is 0.227 e. The van der Waals surface area contributed by atoms with Gasteiger partial charge in [0.1, 0.15) is 0 Å². The lowest BCUT2D eigenvalue weighted by Gasteiger charge is -2.33. The number of carbonyl (C=O) groups is 2. The number of hydrogen-bond acceptors (Lipinski definition) is 5. The number of rotatable bonds is 7. The Labute approximate surface area is 245 Å². The van der Waals surface area contributed by atoms with Crippen molar-refractivity contribution in [3.05, 3.63) is 74.5 Å². The molecule has 2 unspecified atom stereocenters. The summed E-state index contributed by atoms with van der Waals surface area (Å²) in [6.07, 6.45) is 4.23. The standard InChI is InChI=1S/C31H39BrN6O2/c1-19-11-21(3)30(22(4)12-19)37-15-25(14-29(37)39)31(40)33-26-7-6-10-36(16-26)17-27-18-38(35-34-27)23(5)24-8-9-28(32)20(2)13-24/h8-9,11-13,18,23,25-26H,6-7,10,14-17H2,1-5H3,(H,33,40)/t23-,25?,26?/m1/s1. The Morgan fingerprint density at radius 3 is 2.58 bits per heavy atom. The number of nitrogens with one attached hydrogen (secondary N) is 1. The van der Waals surface area contributed by atoms with Gasteiger partial charge in [-0.1, -0.05) is 51.0 Å². The van der Waals surface area contributed by atoms with E-state index in [9.17, 15) is 9.59 Å². The van der Waals surface area contributed by atoms with Crippen LogP contribution >= 0.6 is 15.9 Å². The molecule has 2 aromatic carbocycles. The molecule has 212 valence electrons. The van der Waals surface area contributed by atoms with Gasteiger partial charge in [0.2, 0.25) is 11.8 Å². The van der Waals surface area contributed by atoms with Gasteiger partial charge < -0.3 is 10.2 Å². The third-order valence-electron chi connectivity index (χ3n) is 8.26. The Morgan fingerprint density at radius 2 is 1.85 bits per heavy atom. The van der Waals surface area contributed by atoms with Crippen LogP contribution in [-0.4, -0.2) is 57.4 Å². The number of nitrogens with zero attached hydrogens (tertiary/aromatic N) is 5. The van der Waals surface area contributed by atoms with Crippen LogP contribution in [0.2, 0.25) is 0 Å². The van der Waals surface area contributed by atoms with Crippen molar-refractivity contribution in [3.63, 3.8) is 0 Å². The molecule has 0 aliphatic carbocycles. The Bertz CT molecular complexity index is 1400. The molecule has 0 bridgehead atoms. The highest BCUT2D eigenvalue weighted by Crippen LogP contribution is 2.32. The van der Waals surface area contributed by atoms with Crippen molar-refractivity contribution in [2.75, 3.05) is 24.5 Å². The van der Waals surface area contributed by atoms with E-state index in [1.165, 1.54) is 16.7 Å². The first kappa shape index (κ1) is 28.5. The molecule has 0 radical (unpaired) electrons. The zero-order valence-corrected chi connectivity index (χ0v) is 25.7. The molecule has 0 spiro atoms. The summed E-state index contributed by atoms with van der Waals surface area (Å²) in [4.78, 5) is 30.3. The van der Waals surface area contributed by atoms with Gasteiger partial charge in [-0.2, -0.15) is 0 Å². The van der Waals surface area contributed by atoms with Crippen molar-refractivity contribution in [2.45, 2.75) is 72.5 Å². The van der Waals surface area contributed by atoms with Crippen molar-refractivity contribution in [2.24, 2.45) is 5.92 Å². The summed E-state index contributed by atoms with van der Waals surface area (Å²) < 4.78 is 3.02. The van der Waals surface area contributed by atoms with E-state index in [0.29, 0.717) is 13.1 Å². The number of carbonyl (C=O) groups excluding carboxylic acids is 2. The second-order valence-electron chi connectivity index (χ2n) is 11.6. The van der Waals surface area contributed by atoms with Crippen LogP contribution in [0.4, 0.5) is 5.69 Å². The topological polar surface area (TPSA) is 83.4 Å². The summed E-state index contributed by atoms with van der Waals surface area (Å²) in [5.74, 6) is -0.322. The Balaban J connectivity index is 1.17. The van der Waals surface area contributed by atoms with E-state index in [4.69, 9.17) is 0 Å². The van der Waals surface area contributed by atoms with Crippen LogP contribution in [-0.2, 0) is 16.1 Å². The molecule has 2 aliphatic heterocycles. The van der Waals surface area contributed by atoms with E-state index in [-0.39, 0.29) is 36.2 Å². The molecule has 2 fully saturated rings. The summed E-state index contributed by atoms with van der Waals surface area (Å²) in [6, 6.07) is 10.7. The minimum Gasteiger partial charge on any atom is -0.352 e. The second kappa shape index (κ2) is 11.8. The maximum absolute atomic E-state index is 13.2. The number of benzene rings is 2. The van der Waals surface area contributed by atoms with E-state index >= 15 is 0 Å². The number of piperidine rings is 1. The molecule has 9 heteroatoms. The molecular formula is C31H39BrN6O2. The first-order valence-corrected chi connectivity index (χ1v) is 15.0. The minimum absolute atomic E-state index is 0.0188. The zero-order chi connectivity index (χ0) is 28.6. The normalized spacial score (nSPS) is 20.6. The monoisotopic (exact) mass is 606 g/mol. The molecule has 5 rings (SSSR count). The highest BCUT2D eigenvalue weighted by molar-refractivity contribution is 9.10. The van der Waals surface area contributed by atoms with Gasteiger partial charge in [0.25, 0.3) is 0 Å². The van der Waals surface area contributed by atoms with E-state index in [0.717, 1.165) is 52.9 Å². The van der Waals surface area contributed by atoms with Crippen molar-refractivity contribution >= 4 is 33.4 Å². The molecule has 2 aliphatic rings. The molecule has 3 atom stereocenters. The largest absolute Gasteiger partial charge is 0.352 e. The molecule has 40 heavy (non-hydrogen) atoms. The van der Waals surface area contributed by atoms with Crippen molar-refractivity contribution in [1.29, 1.82) is 0 Å². The van der Waals surface area contributed by atoms with Gasteiger partial charge >= 0.3 is 0 Å². The van der Waals surface area contributed by atoms with Crippen LogP contribution in [0.3, 0.4) is 0 Å². The average molecular weight is 608 g/mol. The Hall–Kier alpha value is -3.04. The van der Waals surface area contributed by atoms with Gasteiger partial charge in [0, 0.05) is 42.3 Å². The van der Waals surface area contributed by atoms with E-state index in [2.05, 4.69) is 87.6 Å². The van der Waals surface area contributed by atoms with Gasteiger partial charge in [-0.15, -0.1) is 5.10 Å². The zero-order valence-electron chi connectivity index (χ0n) is 24.1. The predicted molar refractivity (Wildman–Crippen MR) is 160 cm³/mol. The SMILES string of the molecule is Cc1cc(C)c(N2CC(C(=O)NC3CCCN(Cc4cn([C@H](C)c5ccc(Br)c(C)c5)nn4)C3)CC2=O)c(C)c1. The third kappa shape index (κ3) is 6.15. The van der Waals surface area contributed by atoms with Crippen LogP contribution < -0.4 is 10.2 Å². The summed E-state index contributed by atoms with van der Waals surface area (Å²) in [5, 5.41) is 12.1. The number of aryl methyl sites for hydroxylation is 4. The lowest BCUT2D eigenvalue weighted by Crippen LogP contribution is -2.49. The summed E-state index contributed by atoms with van der Waals surface area (Å²) in [5.41, 5.74) is 7.59. The highest BCUT2D eigenvalue weighted by atomic mass is 79.9. The quantitative estimate of drug-likeness (QED) is 0.408. The number of anilines is 1. The number of hydrogen-bond donors (Lipinski definition) is 1. The first-order chi connectivity index (χ1) is 19.1. The fourth-order valence-corrected chi connectivity index (χ4v) is 6.46. The Morgan fingerprint density at radius 1 is 1.10 bits per heavy atom. The predicted octanol–water partition coefficient (Wildman–Crippen LogP) is 5.02. The van der Waals surface area contributed by atoms with Gasteiger partial charge in [-0.25, -0.2) is 4.68 Å². The van der Waals surface area contributed by atoms with E-state index < -0.39 is 0 Å². The molecule has 2 amide bonds. The van der Waals surface area contributed by atoms with Crippen molar-refractivity contribution in [1.82, 2.24) is 25.2 Å². The fraction of sp³-hybridized carbons (Fsp3) is 0.484. The van der Waals surface area contributed by atoms with E-state index in [1.54, 1.807) is 4.90 Å². The van der Waals surface area contributed by atoms with Crippen LogP contribution in [0.25, 0.3) is 0 Å². The average Bonchev–Trinajstić information content (AvgIpc) is 3.52. The number of halogens is 1. The first-order valence-electron chi connectivity index (χ1n) is 14.2. The third-order valence-corrected chi connectivity index (χ3v) is 9.15. The molecule has 3 aromatic rings. The lowest BCUT2D eigenvalue weighted by molar-refractivity contribution is -0.127. The second-order valence-corrected chi connectivity index (χ2v) is 12.5. The van der Waals surface area contributed by atoms with Crippen LogP contribution in [0.5, 0.6) is 0 Å². The van der Waals surface area contributed by atoms with Gasteiger partial charge in [0.15, 0.2) is 0 Å². The maximum Gasteiger partial charge on any atom is 0.227 e. The highest BCUT2D eigenvalue weighted by Gasteiger charge is 2.37. The Kier molecular flexibility index (Phi) is 8.42. The van der Waals surface area contributed by atoms with Crippen molar-refractivity contribution < 1.29 is 9.59 Å². The number of amides is 2. The summed E-state index contributed by atoms with van der Waals surface area (Å²) in [7, 11) is 0. The molecular weight excluding hydrogens is 568 g/mol. The minimum atomic E-state index is -0.327. The molecule has 2 saturated heterocycles. The fourth-order valence-electron chi connectivity index (χ4n) is 6.22. The van der Waals surface area contributed by atoms with Crippen molar-refractivity contribution in [3.8, 4) is 0 Å². The van der Waals surface area contributed by atoms with Crippen LogP contribution in [0.1, 0.15) is 65.7 Å². The molecule has 8 nitrogen and oxygen atoms in total.